The molecule has 2 atom stereocenters. The van der Waals surface area contributed by atoms with E-state index in [4.69, 9.17) is 4.74 Å². The smallest absolute Gasteiger partial charge is 0.485 e. The lowest BCUT2D eigenvalue weighted by Gasteiger charge is -2.15. The highest BCUT2D eigenvalue weighted by molar-refractivity contribution is 6.59. The van der Waals surface area contributed by atoms with Gasteiger partial charge < -0.3 is 14.8 Å². The van der Waals surface area contributed by atoms with Gasteiger partial charge in [-0.25, -0.2) is 0 Å². The lowest BCUT2D eigenvalue weighted by atomic mass is 9.73. The van der Waals surface area contributed by atoms with Crippen molar-refractivity contribution in [1.82, 2.24) is 0 Å². The van der Waals surface area contributed by atoms with Crippen LogP contribution in [0, 0.1) is 0 Å². The number of rotatable bonds is 1. The van der Waals surface area contributed by atoms with Gasteiger partial charge in [0.25, 0.3) is 0 Å². The molecule has 1 aliphatic heterocycles. The lowest BCUT2D eigenvalue weighted by molar-refractivity contribution is 0.269. The van der Waals surface area contributed by atoms with E-state index in [0.717, 1.165) is 11.3 Å². The van der Waals surface area contributed by atoms with Crippen LogP contribution in [0.25, 0.3) is 0 Å². The van der Waals surface area contributed by atoms with Gasteiger partial charge in [0.05, 0.1) is 0 Å². The average molecular weight is 214 g/mol. The second-order valence-electron chi connectivity index (χ2n) is 4.01. The molecule has 2 N–H and O–H groups in total. The van der Waals surface area contributed by atoms with Crippen LogP contribution in [0.2, 0.25) is 0 Å². The van der Waals surface area contributed by atoms with Crippen LogP contribution in [0.3, 0.4) is 0 Å². The Labute approximate surface area is 93.8 Å². The Morgan fingerprint density at radius 2 is 1.94 bits per heavy atom. The zero-order chi connectivity index (χ0) is 11.1. The fraction of sp³-hybridized carbons (Fsp3) is 0.167. The van der Waals surface area contributed by atoms with E-state index in [1.54, 1.807) is 12.1 Å². The number of fused-ring (bicyclic) bond motifs is 3. The van der Waals surface area contributed by atoms with Crippen molar-refractivity contribution < 1.29 is 14.8 Å². The summed E-state index contributed by atoms with van der Waals surface area (Å²) in [5.41, 5.74) is 1.42. The Hall–Kier alpha value is -1.52. The fourth-order valence-corrected chi connectivity index (χ4v) is 2.35. The maximum atomic E-state index is 9.34. The fourth-order valence-electron chi connectivity index (χ4n) is 2.35. The monoisotopic (exact) mass is 214 g/mol. The zero-order valence-corrected chi connectivity index (χ0v) is 8.58. The van der Waals surface area contributed by atoms with E-state index in [0.29, 0.717) is 5.46 Å². The Bertz CT molecular complexity index is 479. The molecule has 0 spiro atoms. The first-order valence-electron chi connectivity index (χ1n) is 5.28. The van der Waals surface area contributed by atoms with Crippen LogP contribution in [0.15, 0.2) is 42.5 Å². The van der Waals surface area contributed by atoms with Gasteiger partial charge in [0.1, 0.15) is 11.9 Å². The molecule has 0 fully saturated rings. The van der Waals surface area contributed by atoms with Crippen molar-refractivity contribution in [2.24, 2.45) is 0 Å². The third-order valence-electron chi connectivity index (χ3n) is 3.06. The van der Waals surface area contributed by atoms with Gasteiger partial charge in [-0.1, -0.05) is 30.4 Å². The average Bonchev–Trinajstić information content (AvgIpc) is 2.66. The molecule has 0 saturated heterocycles. The standard InChI is InChI=1S/C12H11BO3/c14-13(15)9-5-3-7-11-12(9)8-4-1-2-6-10(8)16-11/h1-8,10,14-15H. The summed E-state index contributed by atoms with van der Waals surface area (Å²) >= 11 is 0. The van der Waals surface area contributed by atoms with Gasteiger partial charge in [0.15, 0.2) is 0 Å². The third-order valence-corrected chi connectivity index (χ3v) is 3.06. The Morgan fingerprint density at radius 1 is 1.12 bits per heavy atom. The summed E-state index contributed by atoms with van der Waals surface area (Å²) < 4.78 is 5.74. The highest BCUT2D eigenvalue weighted by Crippen LogP contribution is 2.39. The van der Waals surface area contributed by atoms with Crippen molar-refractivity contribution >= 4 is 12.6 Å². The Kier molecular flexibility index (Phi) is 2.12. The van der Waals surface area contributed by atoms with E-state index >= 15 is 0 Å². The molecule has 2 aliphatic rings. The number of ether oxygens (including phenoxy) is 1. The minimum atomic E-state index is -1.45. The van der Waals surface area contributed by atoms with Crippen molar-refractivity contribution in [1.29, 1.82) is 0 Å². The maximum absolute atomic E-state index is 9.34. The summed E-state index contributed by atoms with van der Waals surface area (Å²) in [6.07, 6.45) is 7.91. The molecule has 0 radical (unpaired) electrons. The summed E-state index contributed by atoms with van der Waals surface area (Å²) in [6, 6.07) is 5.36. The summed E-state index contributed by atoms with van der Waals surface area (Å²) in [5.74, 6) is 0.842. The molecule has 1 aromatic carbocycles. The summed E-state index contributed by atoms with van der Waals surface area (Å²) in [5, 5.41) is 18.7. The molecular weight excluding hydrogens is 203 g/mol. The number of hydrogen-bond donors (Lipinski definition) is 2. The first-order chi connectivity index (χ1) is 7.77. The van der Waals surface area contributed by atoms with Gasteiger partial charge in [-0.15, -0.1) is 0 Å². The lowest BCUT2D eigenvalue weighted by Crippen LogP contribution is -2.33. The van der Waals surface area contributed by atoms with Crippen LogP contribution < -0.4 is 10.2 Å². The van der Waals surface area contributed by atoms with Crippen LogP contribution in [0.1, 0.15) is 11.5 Å². The van der Waals surface area contributed by atoms with Gasteiger partial charge in [-0.3, -0.25) is 0 Å². The molecule has 80 valence electrons. The third kappa shape index (κ3) is 1.31. The number of allylic oxidation sites excluding steroid dienone is 2. The van der Waals surface area contributed by atoms with E-state index < -0.39 is 7.12 Å². The summed E-state index contributed by atoms with van der Waals surface area (Å²) in [6.45, 7) is 0. The maximum Gasteiger partial charge on any atom is 0.488 e. The van der Waals surface area contributed by atoms with Crippen molar-refractivity contribution in [2.75, 3.05) is 0 Å². The topological polar surface area (TPSA) is 49.7 Å². The van der Waals surface area contributed by atoms with E-state index in [2.05, 4.69) is 0 Å². The quantitative estimate of drug-likeness (QED) is 0.662. The second-order valence-corrected chi connectivity index (χ2v) is 4.01. The Balaban J connectivity index is 2.14. The highest BCUT2D eigenvalue weighted by atomic mass is 16.5. The second kappa shape index (κ2) is 3.51. The minimum Gasteiger partial charge on any atom is -0.485 e. The molecule has 2 unspecified atom stereocenters. The van der Waals surface area contributed by atoms with Crippen molar-refractivity contribution in [2.45, 2.75) is 12.0 Å². The van der Waals surface area contributed by atoms with Gasteiger partial charge in [-0.05, 0) is 17.6 Å². The van der Waals surface area contributed by atoms with Crippen LogP contribution in [0.4, 0.5) is 0 Å². The molecule has 0 bridgehead atoms. The number of hydrogen-bond acceptors (Lipinski definition) is 3. The van der Waals surface area contributed by atoms with Crippen molar-refractivity contribution in [3.8, 4) is 5.75 Å². The van der Waals surface area contributed by atoms with Crippen LogP contribution in [0.5, 0.6) is 5.75 Å². The van der Waals surface area contributed by atoms with E-state index in [1.807, 2.05) is 30.4 Å². The molecular formula is C12H11BO3. The van der Waals surface area contributed by atoms with Crippen molar-refractivity contribution in [3.05, 3.63) is 48.1 Å². The molecule has 1 aromatic rings. The normalized spacial score (nSPS) is 24.9. The Morgan fingerprint density at radius 3 is 2.75 bits per heavy atom. The molecule has 1 aliphatic carbocycles. The van der Waals surface area contributed by atoms with Crippen LogP contribution >= 0.6 is 0 Å². The molecule has 16 heavy (non-hydrogen) atoms. The molecule has 0 aromatic heterocycles. The minimum absolute atomic E-state index is 0.0140. The first-order valence-corrected chi connectivity index (χ1v) is 5.28. The van der Waals surface area contributed by atoms with Gasteiger partial charge in [-0.2, -0.15) is 0 Å². The van der Waals surface area contributed by atoms with E-state index in [-0.39, 0.29) is 12.0 Å². The molecule has 0 amide bonds. The van der Waals surface area contributed by atoms with Gasteiger partial charge >= 0.3 is 7.12 Å². The van der Waals surface area contributed by atoms with Crippen molar-refractivity contribution in [3.63, 3.8) is 0 Å². The largest absolute Gasteiger partial charge is 0.488 e. The van der Waals surface area contributed by atoms with Crippen LogP contribution in [-0.4, -0.2) is 23.3 Å². The van der Waals surface area contributed by atoms with E-state index in [9.17, 15) is 10.0 Å². The molecule has 1 heterocycles. The zero-order valence-electron chi connectivity index (χ0n) is 8.58. The van der Waals surface area contributed by atoms with Crippen LogP contribution in [-0.2, 0) is 0 Å². The predicted octanol–water partition coefficient (Wildman–Crippen LogP) is 0.337. The molecule has 3 rings (SSSR count). The van der Waals surface area contributed by atoms with Gasteiger partial charge in [0, 0.05) is 11.5 Å². The van der Waals surface area contributed by atoms with E-state index in [1.165, 1.54) is 0 Å². The highest BCUT2D eigenvalue weighted by Gasteiger charge is 2.35. The molecule has 3 nitrogen and oxygen atoms in total. The SMILES string of the molecule is OB(O)c1cccc2c1C1C=CC=CC1O2. The predicted molar refractivity (Wildman–Crippen MR) is 61.7 cm³/mol. The summed E-state index contributed by atoms with van der Waals surface area (Å²) in [7, 11) is -1.45. The number of benzene rings is 1. The molecule has 4 heteroatoms. The molecule has 0 saturated carbocycles. The summed E-state index contributed by atoms with van der Waals surface area (Å²) in [4.78, 5) is 0. The first kappa shape index (κ1) is 9.69. The van der Waals surface area contributed by atoms with Gasteiger partial charge in [0.2, 0.25) is 0 Å².